The molecule has 1 amide bonds. The van der Waals surface area contributed by atoms with Crippen LogP contribution in [0.25, 0.3) is 0 Å². The Balaban J connectivity index is 2.09. The molecule has 2 aromatic heterocycles. The van der Waals surface area contributed by atoms with Gasteiger partial charge in [0.25, 0.3) is 5.91 Å². The average Bonchev–Trinajstić information content (AvgIpc) is 2.95. The Kier molecular flexibility index (Phi) is 3.32. The van der Waals surface area contributed by atoms with Crippen molar-refractivity contribution in [1.29, 1.82) is 0 Å². The molecule has 5 heteroatoms. The van der Waals surface area contributed by atoms with Gasteiger partial charge in [0.05, 0.1) is 11.8 Å². The van der Waals surface area contributed by atoms with E-state index in [1.165, 1.54) is 0 Å². The first-order valence-corrected chi connectivity index (χ1v) is 5.53. The Hall–Kier alpha value is -2.30. The molecule has 2 rings (SSSR count). The molecule has 0 aliphatic heterocycles. The summed E-state index contributed by atoms with van der Waals surface area (Å²) >= 11 is 0. The lowest BCUT2D eigenvalue weighted by atomic mass is 10.2. The molecule has 18 heavy (non-hydrogen) atoms. The van der Waals surface area contributed by atoms with E-state index in [1.807, 2.05) is 0 Å². The number of hydrogen-bond acceptors (Lipinski definition) is 4. The van der Waals surface area contributed by atoms with Crippen molar-refractivity contribution in [2.75, 3.05) is 0 Å². The van der Waals surface area contributed by atoms with E-state index in [-0.39, 0.29) is 5.91 Å². The van der Waals surface area contributed by atoms with Gasteiger partial charge in [-0.25, -0.2) is 5.43 Å². The van der Waals surface area contributed by atoms with Gasteiger partial charge in [0.2, 0.25) is 0 Å². The number of furan rings is 2. The van der Waals surface area contributed by atoms with Crippen LogP contribution in [0.4, 0.5) is 0 Å². The third-order valence-corrected chi connectivity index (χ3v) is 2.49. The highest BCUT2D eigenvalue weighted by Crippen LogP contribution is 2.13. The van der Waals surface area contributed by atoms with Gasteiger partial charge in [-0.05, 0) is 39.0 Å². The molecule has 0 aliphatic rings. The van der Waals surface area contributed by atoms with Crippen molar-refractivity contribution in [3.05, 3.63) is 47.3 Å². The largest absolute Gasteiger partial charge is 0.466 e. The summed E-state index contributed by atoms with van der Waals surface area (Å²) in [6, 6.07) is 5.22. The summed E-state index contributed by atoms with van der Waals surface area (Å²) in [5.41, 5.74) is 3.56. The minimum atomic E-state index is -0.296. The first-order valence-electron chi connectivity index (χ1n) is 5.53. The molecule has 0 saturated heterocycles. The van der Waals surface area contributed by atoms with Crippen molar-refractivity contribution >= 4 is 11.6 Å². The van der Waals surface area contributed by atoms with E-state index in [2.05, 4.69) is 10.5 Å². The van der Waals surface area contributed by atoms with Crippen molar-refractivity contribution in [2.45, 2.75) is 20.8 Å². The SMILES string of the molecule is CC(=NNC(=O)c1cc(C)oc1C)c1ccco1. The van der Waals surface area contributed by atoms with Crippen molar-refractivity contribution in [2.24, 2.45) is 5.10 Å². The molecule has 0 radical (unpaired) electrons. The fourth-order valence-electron chi connectivity index (χ4n) is 1.59. The number of carbonyl (C=O) groups excluding carboxylic acids is 1. The molecule has 94 valence electrons. The molecule has 0 aromatic carbocycles. The maximum atomic E-state index is 11.8. The zero-order valence-electron chi connectivity index (χ0n) is 10.5. The lowest BCUT2D eigenvalue weighted by molar-refractivity contribution is 0.0953. The van der Waals surface area contributed by atoms with Crippen LogP contribution >= 0.6 is 0 Å². The summed E-state index contributed by atoms with van der Waals surface area (Å²) in [6.45, 7) is 5.29. The summed E-state index contributed by atoms with van der Waals surface area (Å²) in [7, 11) is 0. The van der Waals surface area contributed by atoms with E-state index in [9.17, 15) is 4.79 Å². The summed E-state index contributed by atoms with van der Waals surface area (Å²) in [5, 5.41) is 3.97. The predicted molar refractivity (Wildman–Crippen MR) is 66.6 cm³/mol. The van der Waals surface area contributed by atoms with Gasteiger partial charge in [-0.15, -0.1) is 0 Å². The molecule has 2 heterocycles. The zero-order valence-corrected chi connectivity index (χ0v) is 10.5. The van der Waals surface area contributed by atoms with E-state index < -0.39 is 0 Å². The number of nitrogens with one attached hydrogen (secondary N) is 1. The Morgan fingerprint density at radius 3 is 2.72 bits per heavy atom. The van der Waals surface area contributed by atoms with Crippen LogP contribution in [-0.4, -0.2) is 11.6 Å². The molecule has 5 nitrogen and oxygen atoms in total. The third-order valence-electron chi connectivity index (χ3n) is 2.49. The van der Waals surface area contributed by atoms with Gasteiger partial charge < -0.3 is 8.83 Å². The van der Waals surface area contributed by atoms with Crippen LogP contribution in [0.15, 0.2) is 38.4 Å². The summed E-state index contributed by atoms with van der Waals surface area (Å²) in [5.74, 6) is 1.60. The second kappa shape index (κ2) is 4.91. The number of carbonyl (C=O) groups is 1. The maximum absolute atomic E-state index is 11.8. The van der Waals surface area contributed by atoms with Gasteiger partial charge >= 0.3 is 0 Å². The van der Waals surface area contributed by atoms with E-state index in [1.54, 1.807) is 45.2 Å². The van der Waals surface area contributed by atoms with Crippen LogP contribution in [0.1, 0.15) is 34.6 Å². The normalized spacial score (nSPS) is 11.6. The predicted octanol–water partition coefficient (Wildman–Crippen LogP) is 2.64. The average molecular weight is 246 g/mol. The van der Waals surface area contributed by atoms with Crippen LogP contribution in [0.5, 0.6) is 0 Å². The highest BCUT2D eigenvalue weighted by Gasteiger charge is 2.13. The second-order valence-electron chi connectivity index (χ2n) is 3.94. The van der Waals surface area contributed by atoms with Gasteiger partial charge in [-0.1, -0.05) is 0 Å². The van der Waals surface area contributed by atoms with Crippen molar-refractivity contribution in [3.8, 4) is 0 Å². The quantitative estimate of drug-likeness (QED) is 0.668. The van der Waals surface area contributed by atoms with Gasteiger partial charge in [-0.2, -0.15) is 5.10 Å². The summed E-state index contributed by atoms with van der Waals surface area (Å²) in [4.78, 5) is 11.8. The molecule has 0 bridgehead atoms. The maximum Gasteiger partial charge on any atom is 0.274 e. The Morgan fingerprint density at radius 1 is 1.39 bits per heavy atom. The molecule has 0 atom stereocenters. The first-order chi connectivity index (χ1) is 8.58. The monoisotopic (exact) mass is 246 g/mol. The van der Waals surface area contributed by atoms with Gasteiger partial charge in [-0.3, -0.25) is 4.79 Å². The topological polar surface area (TPSA) is 67.7 Å². The van der Waals surface area contributed by atoms with E-state index >= 15 is 0 Å². The smallest absolute Gasteiger partial charge is 0.274 e. The fraction of sp³-hybridized carbons (Fsp3) is 0.231. The third kappa shape index (κ3) is 2.51. The lowest BCUT2D eigenvalue weighted by Crippen LogP contribution is -2.19. The molecule has 0 spiro atoms. The highest BCUT2D eigenvalue weighted by atomic mass is 16.3. The van der Waals surface area contributed by atoms with E-state index in [0.29, 0.717) is 28.6 Å². The highest BCUT2D eigenvalue weighted by molar-refractivity contribution is 5.99. The van der Waals surface area contributed by atoms with Gasteiger partial charge in [0, 0.05) is 0 Å². The first kappa shape index (κ1) is 12.2. The Labute approximate surface area is 104 Å². The minimum absolute atomic E-state index is 0.296. The van der Waals surface area contributed by atoms with Crippen molar-refractivity contribution in [1.82, 2.24) is 5.43 Å². The van der Waals surface area contributed by atoms with Gasteiger partial charge in [0.1, 0.15) is 23.0 Å². The van der Waals surface area contributed by atoms with Crippen LogP contribution in [0.3, 0.4) is 0 Å². The van der Waals surface area contributed by atoms with Crippen molar-refractivity contribution < 1.29 is 13.6 Å². The number of aryl methyl sites for hydroxylation is 2. The Bertz CT molecular complexity index is 579. The molecule has 0 unspecified atom stereocenters. The van der Waals surface area contributed by atoms with E-state index in [0.717, 1.165) is 0 Å². The van der Waals surface area contributed by atoms with Crippen LogP contribution in [-0.2, 0) is 0 Å². The lowest BCUT2D eigenvalue weighted by Gasteiger charge is -1.99. The molecule has 0 saturated carbocycles. The molecule has 2 aromatic rings. The number of hydrogen-bond donors (Lipinski definition) is 1. The molecular weight excluding hydrogens is 232 g/mol. The minimum Gasteiger partial charge on any atom is -0.466 e. The molecule has 1 N–H and O–H groups in total. The number of nitrogens with zero attached hydrogens (tertiary/aromatic N) is 1. The van der Waals surface area contributed by atoms with Crippen LogP contribution in [0.2, 0.25) is 0 Å². The number of hydrazone groups is 1. The van der Waals surface area contributed by atoms with E-state index in [4.69, 9.17) is 8.83 Å². The summed E-state index contributed by atoms with van der Waals surface area (Å²) in [6.07, 6.45) is 1.56. The van der Waals surface area contributed by atoms with Crippen LogP contribution in [0, 0.1) is 13.8 Å². The van der Waals surface area contributed by atoms with Gasteiger partial charge in [0.15, 0.2) is 0 Å². The number of amides is 1. The molecular formula is C13H14N2O3. The fourth-order valence-corrected chi connectivity index (χ4v) is 1.59. The van der Waals surface area contributed by atoms with Crippen molar-refractivity contribution in [3.63, 3.8) is 0 Å². The summed E-state index contributed by atoms with van der Waals surface area (Å²) < 4.78 is 10.4. The second-order valence-corrected chi connectivity index (χ2v) is 3.94. The van der Waals surface area contributed by atoms with Crippen LogP contribution < -0.4 is 5.43 Å². The standard InChI is InChI=1S/C13H14N2O3/c1-8-7-11(10(3)18-8)13(16)15-14-9(2)12-5-4-6-17-12/h4-7H,1-3H3,(H,15,16). The zero-order chi connectivity index (χ0) is 13.1. The molecule has 0 fully saturated rings. The Morgan fingerprint density at radius 2 is 2.17 bits per heavy atom. The number of rotatable bonds is 3. The molecule has 0 aliphatic carbocycles.